The fourth-order valence-corrected chi connectivity index (χ4v) is 2.83. The monoisotopic (exact) mass is 350 g/mol. The van der Waals surface area contributed by atoms with Gasteiger partial charge in [-0.05, 0) is 51.5 Å². The molecule has 0 aromatic carbocycles. The number of carboxylic acid groups (broad SMARTS) is 1. The summed E-state index contributed by atoms with van der Waals surface area (Å²) in [6.45, 7) is 1.73. The Morgan fingerprint density at radius 3 is 2.68 bits per heavy atom. The minimum Gasteiger partial charge on any atom is -0.481 e. The Kier molecular flexibility index (Phi) is 10.0. The van der Waals surface area contributed by atoms with Crippen molar-refractivity contribution in [1.82, 2.24) is 0 Å². The van der Waals surface area contributed by atoms with Gasteiger partial charge in [0, 0.05) is 18.3 Å². The van der Waals surface area contributed by atoms with E-state index in [9.17, 15) is 19.8 Å². The Bertz CT molecular complexity index is 504. The Hall–Kier alpha value is -1.72. The molecule has 0 aromatic heterocycles. The molecule has 1 aliphatic carbocycles. The topological polar surface area (TPSA) is 94.8 Å². The summed E-state index contributed by atoms with van der Waals surface area (Å²) in [5.74, 6) is -0.853. The number of aliphatic hydroxyl groups excluding tert-OH is 2. The molecule has 0 saturated carbocycles. The van der Waals surface area contributed by atoms with Crippen LogP contribution in [0.1, 0.15) is 51.9 Å². The van der Waals surface area contributed by atoms with Gasteiger partial charge >= 0.3 is 5.97 Å². The smallest absolute Gasteiger partial charge is 0.303 e. The molecule has 0 bridgehead atoms. The summed E-state index contributed by atoms with van der Waals surface area (Å²) in [5, 5.41) is 27.7. The van der Waals surface area contributed by atoms with Crippen molar-refractivity contribution in [3.05, 3.63) is 36.5 Å². The standard InChI is InChI=1S/C20H30O5/c1-15(21)7-6-8-17(22)13-11-16-12-14-19(23)18(16)9-4-2-3-5-10-20(24)25/h2,4,11-18,21-22H,3,5-10H2,1H3,(H,24,25)/b4-2-,13-11+/t15-,16+,17-,18-/m1/s1. The Balaban J connectivity index is 2.38. The molecule has 0 heterocycles. The molecule has 0 aromatic rings. The molecule has 3 N–H and O–H groups in total. The van der Waals surface area contributed by atoms with Gasteiger partial charge < -0.3 is 15.3 Å². The van der Waals surface area contributed by atoms with E-state index in [1.807, 2.05) is 24.3 Å². The molecule has 25 heavy (non-hydrogen) atoms. The third-order valence-electron chi connectivity index (χ3n) is 4.31. The molecule has 4 atom stereocenters. The van der Waals surface area contributed by atoms with Crippen molar-refractivity contribution >= 4 is 11.8 Å². The SMILES string of the molecule is C[C@@H](O)CCC[C@@H](O)/C=C/[C@H]1C=CC(=O)[C@@H]1C/C=C\CCCC(=O)O. The van der Waals surface area contributed by atoms with Crippen LogP contribution >= 0.6 is 0 Å². The number of ketones is 1. The summed E-state index contributed by atoms with van der Waals surface area (Å²) >= 11 is 0. The highest BCUT2D eigenvalue weighted by atomic mass is 16.4. The van der Waals surface area contributed by atoms with Crippen LogP contribution in [0, 0.1) is 11.8 Å². The van der Waals surface area contributed by atoms with Crippen molar-refractivity contribution in [3.63, 3.8) is 0 Å². The van der Waals surface area contributed by atoms with Crippen LogP contribution in [0.15, 0.2) is 36.5 Å². The fraction of sp³-hybridized carbons (Fsp3) is 0.600. The lowest BCUT2D eigenvalue weighted by molar-refractivity contribution is -0.137. The summed E-state index contributed by atoms with van der Waals surface area (Å²) in [6.07, 6.45) is 14.1. The molecule has 0 spiro atoms. The number of hydrogen-bond donors (Lipinski definition) is 3. The number of hydrogen-bond acceptors (Lipinski definition) is 4. The van der Waals surface area contributed by atoms with Crippen LogP contribution in [0.5, 0.6) is 0 Å². The molecular weight excluding hydrogens is 320 g/mol. The van der Waals surface area contributed by atoms with Crippen LogP contribution in [-0.4, -0.2) is 39.3 Å². The third kappa shape index (κ3) is 9.37. The summed E-state index contributed by atoms with van der Waals surface area (Å²) in [7, 11) is 0. The Morgan fingerprint density at radius 2 is 2.00 bits per heavy atom. The molecule has 0 aliphatic heterocycles. The average molecular weight is 350 g/mol. The molecule has 1 rings (SSSR count). The predicted molar refractivity (Wildman–Crippen MR) is 97.0 cm³/mol. The van der Waals surface area contributed by atoms with E-state index in [1.54, 1.807) is 19.1 Å². The van der Waals surface area contributed by atoms with E-state index in [0.717, 1.165) is 6.42 Å². The molecule has 140 valence electrons. The van der Waals surface area contributed by atoms with Crippen LogP contribution in [-0.2, 0) is 9.59 Å². The maximum Gasteiger partial charge on any atom is 0.303 e. The second kappa shape index (κ2) is 11.8. The highest BCUT2D eigenvalue weighted by Crippen LogP contribution is 2.27. The summed E-state index contributed by atoms with van der Waals surface area (Å²) in [6, 6.07) is 0. The number of rotatable bonds is 12. The highest BCUT2D eigenvalue weighted by molar-refractivity contribution is 5.95. The van der Waals surface area contributed by atoms with Crippen molar-refractivity contribution in [1.29, 1.82) is 0 Å². The first-order valence-electron chi connectivity index (χ1n) is 9.03. The van der Waals surface area contributed by atoms with E-state index >= 15 is 0 Å². The quantitative estimate of drug-likeness (QED) is 0.371. The van der Waals surface area contributed by atoms with Crippen LogP contribution < -0.4 is 0 Å². The lowest BCUT2D eigenvalue weighted by atomic mass is 9.90. The maximum atomic E-state index is 12.0. The fourth-order valence-electron chi connectivity index (χ4n) is 2.83. The van der Waals surface area contributed by atoms with Gasteiger partial charge in [-0.2, -0.15) is 0 Å². The lowest BCUT2D eigenvalue weighted by Gasteiger charge is -2.13. The number of carboxylic acids is 1. The zero-order valence-corrected chi connectivity index (χ0v) is 14.9. The van der Waals surface area contributed by atoms with Crippen molar-refractivity contribution in [2.24, 2.45) is 11.8 Å². The maximum absolute atomic E-state index is 12.0. The average Bonchev–Trinajstić information content (AvgIpc) is 2.88. The first-order valence-corrected chi connectivity index (χ1v) is 9.03. The second-order valence-corrected chi connectivity index (χ2v) is 6.67. The van der Waals surface area contributed by atoms with Crippen LogP contribution in [0.25, 0.3) is 0 Å². The molecule has 1 aliphatic rings. The van der Waals surface area contributed by atoms with Crippen molar-refractivity contribution in [2.75, 3.05) is 0 Å². The molecule has 0 unspecified atom stereocenters. The van der Waals surface area contributed by atoms with E-state index in [4.69, 9.17) is 5.11 Å². The van der Waals surface area contributed by atoms with Gasteiger partial charge in [0.1, 0.15) is 0 Å². The Labute approximate surface area is 149 Å². The first kappa shape index (κ1) is 21.3. The number of aliphatic carboxylic acids is 1. The molecule has 5 nitrogen and oxygen atoms in total. The molecule has 0 saturated heterocycles. The van der Waals surface area contributed by atoms with Crippen LogP contribution in [0.4, 0.5) is 0 Å². The second-order valence-electron chi connectivity index (χ2n) is 6.67. The van der Waals surface area contributed by atoms with Gasteiger partial charge in [0.2, 0.25) is 0 Å². The normalized spacial score (nSPS) is 22.9. The molecule has 0 amide bonds. The van der Waals surface area contributed by atoms with Gasteiger partial charge in [-0.25, -0.2) is 0 Å². The largest absolute Gasteiger partial charge is 0.481 e. The lowest BCUT2D eigenvalue weighted by Crippen LogP contribution is -2.14. The van der Waals surface area contributed by atoms with Crippen molar-refractivity contribution in [2.45, 2.75) is 64.1 Å². The minimum atomic E-state index is -0.791. The zero-order chi connectivity index (χ0) is 18.7. The van der Waals surface area contributed by atoms with Crippen LogP contribution in [0.2, 0.25) is 0 Å². The molecule has 0 radical (unpaired) electrons. The summed E-state index contributed by atoms with van der Waals surface area (Å²) in [4.78, 5) is 22.4. The van der Waals surface area contributed by atoms with E-state index in [-0.39, 0.29) is 30.1 Å². The van der Waals surface area contributed by atoms with Gasteiger partial charge in [-0.3, -0.25) is 9.59 Å². The number of allylic oxidation sites excluding steroid dienone is 5. The Morgan fingerprint density at radius 1 is 1.24 bits per heavy atom. The zero-order valence-electron chi connectivity index (χ0n) is 14.9. The van der Waals surface area contributed by atoms with E-state index in [0.29, 0.717) is 32.1 Å². The van der Waals surface area contributed by atoms with E-state index in [2.05, 4.69) is 0 Å². The number of carbonyl (C=O) groups is 2. The molecule has 5 heteroatoms. The van der Waals surface area contributed by atoms with Gasteiger partial charge in [0.25, 0.3) is 0 Å². The molecular formula is C20H30O5. The number of carbonyl (C=O) groups excluding carboxylic acids is 1. The van der Waals surface area contributed by atoms with E-state index in [1.165, 1.54) is 0 Å². The third-order valence-corrected chi connectivity index (χ3v) is 4.31. The van der Waals surface area contributed by atoms with Gasteiger partial charge in [-0.15, -0.1) is 0 Å². The highest BCUT2D eigenvalue weighted by Gasteiger charge is 2.27. The first-order chi connectivity index (χ1) is 11.9. The summed E-state index contributed by atoms with van der Waals surface area (Å²) < 4.78 is 0. The number of unbranched alkanes of at least 4 members (excludes halogenated alkanes) is 1. The van der Waals surface area contributed by atoms with Crippen molar-refractivity contribution < 1.29 is 24.9 Å². The number of aliphatic hydroxyl groups is 2. The van der Waals surface area contributed by atoms with Crippen LogP contribution in [0.3, 0.4) is 0 Å². The van der Waals surface area contributed by atoms with E-state index < -0.39 is 12.1 Å². The predicted octanol–water partition coefficient (Wildman–Crippen LogP) is 3.03. The molecule has 0 fully saturated rings. The summed E-state index contributed by atoms with van der Waals surface area (Å²) in [5.41, 5.74) is 0. The van der Waals surface area contributed by atoms with Crippen molar-refractivity contribution in [3.8, 4) is 0 Å². The van der Waals surface area contributed by atoms with Gasteiger partial charge in [0.05, 0.1) is 12.2 Å². The van der Waals surface area contributed by atoms with Gasteiger partial charge in [-0.1, -0.05) is 30.4 Å². The van der Waals surface area contributed by atoms with Gasteiger partial charge in [0.15, 0.2) is 5.78 Å². The minimum absolute atomic E-state index is 0.0115.